The number of H-pyrrole nitrogens is 2. The maximum atomic E-state index is 12.1. The highest BCUT2D eigenvalue weighted by Crippen LogP contribution is 2.38. The summed E-state index contributed by atoms with van der Waals surface area (Å²) in [5.41, 5.74) is 10.4. The van der Waals surface area contributed by atoms with E-state index in [9.17, 15) is 9.59 Å². The molecule has 0 saturated heterocycles. The second-order valence-corrected chi connectivity index (χ2v) is 9.58. The van der Waals surface area contributed by atoms with E-state index in [1.165, 1.54) is 14.2 Å². The van der Waals surface area contributed by atoms with Crippen LogP contribution in [0.1, 0.15) is 24.0 Å². The Morgan fingerprint density at radius 2 is 0.975 bits per heavy atom. The minimum Gasteiger partial charge on any atom is -0.469 e. The molecule has 2 heterocycles. The summed E-state index contributed by atoms with van der Waals surface area (Å²) in [4.78, 5) is 31.0. The van der Waals surface area contributed by atoms with Gasteiger partial charge in [0.05, 0.1) is 14.2 Å². The minimum atomic E-state index is -0.240. The Kier molecular flexibility index (Phi) is 8.26. The average Bonchev–Trinajstić information content (AvgIpc) is 3.64. The molecule has 0 radical (unpaired) electrons. The molecule has 0 unspecified atom stereocenters. The van der Waals surface area contributed by atoms with Crippen LogP contribution in [-0.2, 0) is 31.9 Å². The molecule has 2 aromatic heterocycles. The van der Waals surface area contributed by atoms with Gasteiger partial charge in [0.2, 0.25) is 0 Å². The number of hydrogen-bond donors (Lipinski definition) is 2. The molecule has 6 nitrogen and oxygen atoms in total. The van der Waals surface area contributed by atoms with Gasteiger partial charge in [-0.25, -0.2) is 0 Å². The van der Waals surface area contributed by atoms with E-state index < -0.39 is 0 Å². The molecule has 5 rings (SSSR count). The van der Waals surface area contributed by atoms with Gasteiger partial charge in [-0.3, -0.25) is 9.59 Å². The molecule has 2 N–H and O–H groups in total. The van der Waals surface area contributed by atoms with Gasteiger partial charge < -0.3 is 19.4 Å². The SMILES string of the molecule is COC(=O)CCc1c(-c2cccc(-c3c[nH]c(-c4ccccc4)c3CCC(=O)OC)c2)c[nH]c1-c1ccccc1. The second-order valence-electron chi connectivity index (χ2n) is 9.58. The third-order valence-corrected chi connectivity index (χ3v) is 7.20. The van der Waals surface area contributed by atoms with Crippen LogP contribution in [-0.4, -0.2) is 36.1 Å². The first-order valence-corrected chi connectivity index (χ1v) is 13.3. The number of esters is 2. The zero-order valence-corrected chi connectivity index (χ0v) is 22.7. The summed E-state index contributed by atoms with van der Waals surface area (Å²) in [5, 5.41) is 0. The molecule has 5 aromatic rings. The highest BCUT2D eigenvalue weighted by atomic mass is 16.5. The molecule has 40 heavy (non-hydrogen) atoms. The lowest BCUT2D eigenvalue weighted by molar-refractivity contribution is -0.141. The van der Waals surface area contributed by atoms with Crippen LogP contribution in [0.15, 0.2) is 97.3 Å². The van der Waals surface area contributed by atoms with E-state index in [0.717, 1.165) is 55.9 Å². The van der Waals surface area contributed by atoms with Crippen LogP contribution in [0.4, 0.5) is 0 Å². The molecule has 0 bridgehead atoms. The van der Waals surface area contributed by atoms with Crippen molar-refractivity contribution in [3.8, 4) is 44.8 Å². The van der Waals surface area contributed by atoms with E-state index in [4.69, 9.17) is 9.47 Å². The summed E-state index contributed by atoms with van der Waals surface area (Å²) in [7, 11) is 2.83. The van der Waals surface area contributed by atoms with Gasteiger partial charge in [0.25, 0.3) is 0 Å². The molecular formula is C34H32N2O4. The summed E-state index contributed by atoms with van der Waals surface area (Å²) in [6.07, 6.45) is 5.70. The number of methoxy groups -OCH3 is 2. The number of hydrogen-bond acceptors (Lipinski definition) is 4. The molecule has 0 saturated carbocycles. The number of carbonyl (C=O) groups is 2. The standard InChI is InChI=1S/C34H32N2O4/c1-39-31(37)18-16-27-29(21-35-33(27)23-10-5-3-6-11-23)25-14-9-15-26(20-25)30-22-36-34(24-12-7-4-8-13-24)28(30)17-19-32(38)40-2/h3-15,20-22,35-36H,16-19H2,1-2H3. The first-order chi connectivity index (χ1) is 19.6. The summed E-state index contributed by atoms with van der Waals surface area (Å²) in [5.74, 6) is -0.480. The molecule has 202 valence electrons. The van der Waals surface area contributed by atoms with Crippen LogP contribution in [0.25, 0.3) is 44.8 Å². The molecule has 0 spiro atoms. The highest BCUT2D eigenvalue weighted by molar-refractivity contribution is 5.84. The van der Waals surface area contributed by atoms with E-state index in [0.29, 0.717) is 12.8 Å². The Balaban J connectivity index is 1.57. The molecule has 3 aromatic carbocycles. The van der Waals surface area contributed by atoms with Crippen molar-refractivity contribution >= 4 is 11.9 Å². The van der Waals surface area contributed by atoms with Crippen molar-refractivity contribution in [2.45, 2.75) is 25.7 Å². The van der Waals surface area contributed by atoms with Crippen molar-refractivity contribution in [2.24, 2.45) is 0 Å². The minimum absolute atomic E-state index is 0.240. The second kappa shape index (κ2) is 12.3. The van der Waals surface area contributed by atoms with Crippen molar-refractivity contribution in [3.63, 3.8) is 0 Å². The maximum Gasteiger partial charge on any atom is 0.305 e. The van der Waals surface area contributed by atoms with E-state index in [1.807, 2.05) is 54.9 Å². The van der Waals surface area contributed by atoms with Gasteiger partial charge in [-0.1, -0.05) is 78.9 Å². The van der Waals surface area contributed by atoms with Crippen LogP contribution in [0, 0.1) is 0 Å². The molecule has 0 aliphatic rings. The summed E-state index contributed by atoms with van der Waals surface area (Å²) in [6, 6.07) is 28.6. The lowest BCUT2D eigenvalue weighted by atomic mass is 9.92. The fraction of sp³-hybridized carbons (Fsp3) is 0.176. The number of rotatable bonds is 10. The Bertz CT molecular complexity index is 1480. The number of benzene rings is 3. The van der Waals surface area contributed by atoms with E-state index in [2.05, 4.69) is 52.4 Å². The summed E-state index contributed by atoms with van der Waals surface area (Å²) < 4.78 is 9.86. The van der Waals surface area contributed by atoms with Gasteiger partial charge in [0.15, 0.2) is 0 Å². The predicted molar refractivity (Wildman–Crippen MR) is 158 cm³/mol. The summed E-state index contributed by atoms with van der Waals surface area (Å²) >= 11 is 0. The van der Waals surface area contributed by atoms with Crippen molar-refractivity contribution in [1.29, 1.82) is 0 Å². The maximum absolute atomic E-state index is 12.1. The Morgan fingerprint density at radius 1 is 0.575 bits per heavy atom. The van der Waals surface area contributed by atoms with Crippen molar-refractivity contribution in [1.82, 2.24) is 9.97 Å². The van der Waals surface area contributed by atoms with Crippen molar-refractivity contribution in [3.05, 3.63) is 108 Å². The van der Waals surface area contributed by atoms with Crippen LogP contribution in [0.3, 0.4) is 0 Å². The molecule has 0 atom stereocenters. The molecular weight excluding hydrogens is 500 g/mol. The predicted octanol–water partition coefficient (Wildman–Crippen LogP) is 7.22. The smallest absolute Gasteiger partial charge is 0.305 e. The van der Waals surface area contributed by atoms with Gasteiger partial charge in [-0.05, 0) is 52.3 Å². The average molecular weight is 533 g/mol. The van der Waals surface area contributed by atoms with Gasteiger partial charge in [-0.2, -0.15) is 0 Å². The first kappa shape index (κ1) is 26.8. The lowest BCUT2D eigenvalue weighted by Gasteiger charge is -2.11. The Hall–Kier alpha value is -4.84. The molecule has 0 amide bonds. The number of ether oxygens (including phenoxy) is 2. The van der Waals surface area contributed by atoms with E-state index >= 15 is 0 Å². The molecule has 6 heteroatoms. The number of aromatic nitrogens is 2. The zero-order valence-electron chi connectivity index (χ0n) is 22.7. The largest absolute Gasteiger partial charge is 0.469 e. The van der Waals surface area contributed by atoms with Crippen LogP contribution >= 0.6 is 0 Å². The molecule has 0 fully saturated rings. The van der Waals surface area contributed by atoms with Crippen molar-refractivity contribution in [2.75, 3.05) is 14.2 Å². The fourth-order valence-corrected chi connectivity index (χ4v) is 5.18. The Labute approximate surface area is 234 Å². The third-order valence-electron chi connectivity index (χ3n) is 7.20. The zero-order chi connectivity index (χ0) is 27.9. The Morgan fingerprint density at radius 3 is 1.38 bits per heavy atom. The van der Waals surface area contributed by atoms with E-state index in [-0.39, 0.29) is 24.8 Å². The number of aromatic amines is 2. The fourth-order valence-electron chi connectivity index (χ4n) is 5.18. The molecule has 0 aliphatic carbocycles. The van der Waals surface area contributed by atoms with Crippen LogP contribution < -0.4 is 0 Å². The number of nitrogens with one attached hydrogen (secondary N) is 2. The number of carbonyl (C=O) groups excluding carboxylic acids is 2. The topological polar surface area (TPSA) is 84.2 Å². The van der Waals surface area contributed by atoms with Gasteiger partial charge in [-0.15, -0.1) is 0 Å². The summed E-state index contributed by atoms with van der Waals surface area (Å²) in [6.45, 7) is 0. The van der Waals surface area contributed by atoms with Gasteiger partial charge in [0, 0.05) is 47.8 Å². The van der Waals surface area contributed by atoms with Crippen LogP contribution in [0.5, 0.6) is 0 Å². The van der Waals surface area contributed by atoms with Crippen molar-refractivity contribution < 1.29 is 19.1 Å². The van der Waals surface area contributed by atoms with E-state index in [1.54, 1.807) is 0 Å². The highest BCUT2D eigenvalue weighted by Gasteiger charge is 2.19. The van der Waals surface area contributed by atoms with Gasteiger partial charge in [0.1, 0.15) is 0 Å². The first-order valence-electron chi connectivity index (χ1n) is 13.3. The monoisotopic (exact) mass is 532 g/mol. The normalized spacial score (nSPS) is 10.8. The molecule has 0 aliphatic heterocycles. The van der Waals surface area contributed by atoms with Gasteiger partial charge >= 0.3 is 11.9 Å². The quantitative estimate of drug-likeness (QED) is 0.186. The third kappa shape index (κ3) is 5.76. The lowest BCUT2D eigenvalue weighted by Crippen LogP contribution is -2.03. The van der Waals surface area contributed by atoms with Crippen LogP contribution in [0.2, 0.25) is 0 Å².